The molecule has 0 spiro atoms. The largest absolute Gasteiger partial charge is 0.444 e. The molecule has 1 unspecified atom stereocenters. The number of nitrogens with zero attached hydrogens (tertiary/aromatic N) is 1. The van der Waals surface area contributed by atoms with Crippen LogP contribution in [0.3, 0.4) is 0 Å². The summed E-state index contributed by atoms with van der Waals surface area (Å²) in [4.78, 5) is 25.2. The van der Waals surface area contributed by atoms with Crippen molar-refractivity contribution < 1.29 is 69.8 Å². The number of aliphatic hydroxyl groups is 2. The normalized spacial score (nSPS) is 17.6. The van der Waals surface area contributed by atoms with Gasteiger partial charge < -0.3 is 39.2 Å². The number of amides is 2. The van der Waals surface area contributed by atoms with Crippen LogP contribution in [0.2, 0.25) is 0 Å². The maximum Gasteiger partial charge on any atom is 0.416 e. The van der Waals surface area contributed by atoms with E-state index in [0.29, 0.717) is 11.1 Å². The molecule has 1 aliphatic heterocycles. The number of alkyl halides is 6. The van der Waals surface area contributed by atoms with Crippen LogP contribution >= 0.6 is 0 Å². The van der Waals surface area contributed by atoms with Crippen LogP contribution in [-0.2, 0) is 36.9 Å². The third-order valence-corrected chi connectivity index (χ3v) is 6.91. The van der Waals surface area contributed by atoms with Gasteiger partial charge in [-0.1, -0.05) is 60.7 Å². The first-order chi connectivity index (χ1) is 24.3. The minimum Gasteiger partial charge on any atom is -0.444 e. The zero-order chi connectivity index (χ0) is 40.8. The molecule has 53 heavy (non-hydrogen) atoms. The van der Waals surface area contributed by atoms with Crippen molar-refractivity contribution in [2.45, 2.75) is 122 Å². The van der Waals surface area contributed by atoms with E-state index in [1.165, 1.54) is 13.8 Å². The molecule has 4 atom stereocenters. The number of halogens is 6. The van der Waals surface area contributed by atoms with Crippen molar-refractivity contribution >= 4 is 12.2 Å². The van der Waals surface area contributed by atoms with E-state index in [0.717, 1.165) is 12.0 Å². The minimum absolute atomic E-state index is 0.232. The van der Waals surface area contributed by atoms with Gasteiger partial charge in [0.05, 0.1) is 38.5 Å². The highest BCUT2D eigenvalue weighted by atomic mass is 19.4. The Hall–Kier alpha value is -3.64. The van der Waals surface area contributed by atoms with E-state index >= 15 is 0 Å². The van der Waals surface area contributed by atoms with Crippen LogP contribution in [0, 0.1) is 0 Å². The standard InChI is InChI=1S/C19H26F3NO4.C16H22F3NO4.CH4O/c1-17(2,3)27-16(24)23-14(12-26-18(23,4)5)15(19(20,21)22)25-11-13-9-7-6-8-10-13;1-15(2,3)24-14(22)20-12(9-21)13(16(17,18)19)23-10-11-7-5-4-6-8-11;1-2/h6-10,14-15H,11-12H2,1-5H3;4-8,12-13,21H,9-10H2,1-3H3,(H,20,22);2H,1H3/t14-,15?;12-,13-;/m00./s1. The van der Waals surface area contributed by atoms with Crippen LogP contribution in [0.15, 0.2) is 60.7 Å². The first kappa shape index (κ1) is 47.4. The molecule has 2 amide bonds. The second-order valence-electron chi connectivity index (χ2n) is 14.1. The van der Waals surface area contributed by atoms with Crippen LogP contribution in [-0.4, -0.2) is 101 Å². The van der Waals surface area contributed by atoms with Crippen molar-refractivity contribution in [3.63, 3.8) is 0 Å². The summed E-state index contributed by atoms with van der Waals surface area (Å²) in [5.41, 5.74) is -1.82. The van der Waals surface area contributed by atoms with Gasteiger partial charge in [0.1, 0.15) is 16.9 Å². The Morgan fingerprint density at radius 3 is 1.66 bits per heavy atom. The summed E-state index contributed by atoms with van der Waals surface area (Å²) in [6, 6.07) is 13.8. The van der Waals surface area contributed by atoms with Crippen molar-refractivity contribution in [2.75, 3.05) is 20.3 Å². The number of aliphatic hydroxyl groups excluding tert-OH is 2. The summed E-state index contributed by atoms with van der Waals surface area (Å²) >= 11 is 0. The highest BCUT2D eigenvalue weighted by molar-refractivity contribution is 5.70. The molecule has 11 nitrogen and oxygen atoms in total. The predicted octanol–water partition coefficient (Wildman–Crippen LogP) is 7.13. The average Bonchev–Trinajstić information content (AvgIpc) is 3.34. The second-order valence-corrected chi connectivity index (χ2v) is 14.1. The molecule has 1 heterocycles. The van der Waals surface area contributed by atoms with Gasteiger partial charge in [-0.3, -0.25) is 4.90 Å². The zero-order valence-electron chi connectivity index (χ0n) is 31.4. The molecule has 3 rings (SSSR count). The highest BCUT2D eigenvalue weighted by Gasteiger charge is 2.56. The molecule has 3 N–H and O–H groups in total. The van der Waals surface area contributed by atoms with Crippen LogP contribution in [0.4, 0.5) is 35.9 Å². The van der Waals surface area contributed by atoms with E-state index in [2.05, 4.69) is 0 Å². The van der Waals surface area contributed by atoms with Gasteiger partial charge in [-0.2, -0.15) is 26.3 Å². The van der Waals surface area contributed by atoms with E-state index in [4.69, 9.17) is 28.8 Å². The predicted molar refractivity (Wildman–Crippen MR) is 182 cm³/mol. The van der Waals surface area contributed by atoms with Crippen LogP contribution in [0.25, 0.3) is 0 Å². The summed E-state index contributed by atoms with van der Waals surface area (Å²) in [6.07, 6.45) is -15.9. The topological polar surface area (TPSA) is 136 Å². The number of nitrogens with one attached hydrogen (secondary N) is 1. The second kappa shape index (κ2) is 20.2. The van der Waals surface area contributed by atoms with Crippen molar-refractivity contribution in [2.24, 2.45) is 0 Å². The fourth-order valence-electron chi connectivity index (χ4n) is 4.78. The van der Waals surface area contributed by atoms with Gasteiger partial charge in [0, 0.05) is 7.11 Å². The number of benzene rings is 2. The van der Waals surface area contributed by atoms with E-state index < -0.39 is 72.4 Å². The molecule has 1 saturated heterocycles. The van der Waals surface area contributed by atoms with Gasteiger partial charge in [0.15, 0.2) is 12.2 Å². The molecule has 0 bridgehead atoms. The fourth-order valence-corrected chi connectivity index (χ4v) is 4.78. The lowest BCUT2D eigenvalue weighted by Gasteiger charge is -2.38. The van der Waals surface area contributed by atoms with Gasteiger partial charge in [0.2, 0.25) is 0 Å². The number of carbonyl (C=O) groups excluding carboxylic acids is 2. The third-order valence-electron chi connectivity index (χ3n) is 6.91. The van der Waals surface area contributed by atoms with E-state index in [1.807, 2.05) is 5.32 Å². The maximum atomic E-state index is 13.7. The number of rotatable bonds is 10. The van der Waals surface area contributed by atoms with Gasteiger partial charge >= 0.3 is 24.5 Å². The SMILES string of the molecule is CC(C)(C)OC(=O)N1[C@H](C(OCc2ccccc2)C(F)(F)F)COC1(C)C.CC(C)(C)OC(=O)N[C@@H](CO)[C@H](OCc1ccccc1)C(F)(F)F.CO. The molecule has 1 fully saturated rings. The van der Waals surface area contributed by atoms with Crippen LogP contribution in [0.5, 0.6) is 0 Å². The molecule has 302 valence electrons. The summed E-state index contributed by atoms with van der Waals surface area (Å²) in [7, 11) is 1.00. The number of hydrogen-bond acceptors (Lipinski definition) is 9. The molecule has 0 saturated carbocycles. The Kier molecular flexibility index (Phi) is 18.0. The molecular weight excluding hydrogens is 718 g/mol. The lowest BCUT2D eigenvalue weighted by atomic mass is 10.1. The fraction of sp³-hybridized carbons (Fsp3) is 0.611. The molecule has 0 aliphatic carbocycles. The van der Waals surface area contributed by atoms with Crippen LogP contribution < -0.4 is 5.32 Å². The third kappa shape index (κ3) is 16.9. The molecule has 2 aromatic carbocycles. The quantitative estimate of drug-likeness (QED) is 0.216. The molecule has 0 aromatic heterocycles. The van der Waals surface area contributed by atoms with Gasteiger partial charge in [-0.05, 0) is 66.5 Å². The van der Waals surface area contributed by atoms with Gasteiger partial charge in [-0.25, -0.2) is 9.59 Å². The summed E-state index contributed by atoms with van der Waals surface area (Å²) in [5, 5.41) is 18.3. The Bertz CT molecular complexity index is 1370. The maximum absolute atomic E-state index is 13.7. The monoisotopic (exact) mass is 770 g/mol. The summed E-state index contributed by atoms with van der Waals surface area (Å²) in [5.74, 6) is 0. The van der Waals surface area contributed by atoms with E-state index in [-0.39, 0.29) is 19.8 Å². The van der Waals surface area contributed by atoms with Crippen molar-refractivity contribution in [1.82, 2.24) is 10.2 Å². The number of ether oxygens (including phenoxy) is 5. The molecule has 2 aromatic rings. The van der Waals surface area contributed by atoms with Crippen molar-refractivity contribution in [3.05, 3.63) is 71.8 Å². The van der Waals surface area contributed by atoms with Gasteiger partial charge in [-0.15, -0.1) is 0 Å². The smallest absolute Gasteiger partial charge is 0.416 e. The van der Waals surface area contributed by atoms with Crippen molar-refractivity contribution in [1.29, 1.82) is 0 Å². The lowest BCUT2D eigenvalue weighted by Crippen LogP contribution is -2.57. The first-order valence-electron chi connectivity index (χ1n) is 16.5. The van der Waals surface area contributed by atoms with Crippen molar-refractivity contribution in [3.8, 4) is 0 Å². The minimum atomic E-state index is -4.77. The summed E-state index contributed by atoms with van der Waals surface area (Å²) < 4.78 is 107. The average molecular weight is 771 g/mol. The molecular formula is C36H52F6N2O9. The highest BCUT2D eigenvalue weighted by Crippen LogP contribution is 2.37. The van der Waals surface area contributed by atoms with Gasteiger partial charge in [0.25, 0.3) is 0 Å². The van der Waals surface area contributed by atoms with E-state index in [9.17, 15) is 41.0 Å². The Morgan fingerprint density at radius 1 is 0.811 bits per heavy atom. The number of hydrogen-bond donors (Lipinski definition) is 3. The zero-order valence-corrected chi connectivity index (χ0v) is 31.4. The van der Waals surface area contributed by atoms with Crippen LogP contribution in [0.1, 0.15) is 66.5 Å². The molecule has 17 heteroatoms. The summed E-state index contributed by atoms with van der Waals surface area (Å²) in [6.45, 7) is 11.0. The molecule has 1 aliphatic rings. The van der Waals surface area contributed by atoms with E-state index in [1.54, 1.807) is 102 Å². The Morgan fingerprint density at radius 2 is 1.26 bits per heavy atom. The Balaban J connectivity index is 0.000000510. The first-order valence-corrected chi connectivity index (χ1v) is 16.5. The number of alkyl carbamates (subject to hydrolysis) is 1. The number of carbonyl (C=O) groups is 2. The Labute approximate surface area is 306 Å². The molecule has 0 radical (unpaired) electrons. The lowest BCUT2D eigenvalue weighted by molar-refractivity contribution is -0.238.